The van der Waals surface area contributed by atoms with Gasteiger partial charge in [-0.3, -0.25) is 14.6 Å². The number of hydrazone groups is 1. The van der Waals surface area contributed by atoms with Gasteiger partial charge in [0.2, 0.25) is 5.95 Å². The Kier molecular flexibility index (Phi) is 8.37. The summed E-state index contributed by atoms with van der Waals surface area (Å²) in [5, 5.41) is 13.5. The van der Waals surface area contributed by atoms with Gasteiger partial charge in [-0.1, -0.05) is 30.3 Å². The lowest BCUT2D eigenvalue weighted by molar-refractivity contribution is -0.141. The van der Waals surface area contributed by atoms with Gasteiger partial charge in [0.05, 0.1) is 19.0 Å². The van der Waals surface area contributed by atoms with Crippen LogP contribution in [0.3, 0.4) is 0 Å². The normalized spacial score (nSPS) is 10.5. The van der Waals surface area contributed by atoms with Crippen molar-refractivity contribution in [1.82, 2.24) is 9.97 Å². The van der Waals surface area contributed by atoms with Crippen molar-refractivity contribution in [3.05, 3.63) is 68.4 Å². The lowest BCUT2D eigenvalue weighted by atomic mass is 10.1. The summed E-state index contributed by atoms with van der Waals surface area (Å²) >= 11 is 3.45. The number of nitriles is 1. The van der Waals surface area contributed by atoms with E-state index in [9.17, 15) is 14.9 Å². The van der Waals surface area contributed by atoms with Crippen molar-refractivity contribution in [1.29, 1.82) is 5.26 Å². The SMILES string of the molecule is COc1cc(C=NNc2nc(-c3ccccc3)c(C#N)c(=O)[nH]2)c(Br)cc1OCCOC(C)=O. The first-order valence-corrected chi connectivity index (χ1v) is 10.7. The third kappa shape index (κ3) is 6.20. The Balaban J connectivity index is 1.79. The van der Waals surface area contributed by atoms with Crippen LogP contribution in [0.5, 0.6) is 11.5 Å². The molecule has 174 valence electrons. The fourth-order valence-electron chi connectivity index (χ4n) is 2.86. The highest BCUT2D eigenvalue weighted by molar-refractivity contribution is 9.10. The number of hydrogen-bond donors (Lipinski definition) is 2. The van der Waals surface area contributed by atoms with E-state index in [1.807, 2.05) is 12.1 Å². The molecule has 0 unspecified atom stereocenters. The molecule has 0 saturated heterocycles. The lowest BCUT2D eigenvalue weighted by Crippen LogP contribution is -2.16. The molecule has 10 nitrogen and oxygen atoms in total. The number of benzene rings is 2. The van der Waals surface area contributed by atoms with Crippen molar-refractivity contribution >= 4 is 34.1 Å². The minimum absolute atomic E-state index is 0.0765. The fraction of sp³-hybridized carbons (Fsp3) is 0.174. The number of aromatic amines is 1. The number of ether oxygens (including phenoxy) is 3. The first kappa shape index (κ1) is 24.5. The Morgan fingerprint density at radius 3 is 2.71 bits per heavy atom. The Morgan fingerprint density at radius 2 is 2.03 bits per heavy atom. The fourth-order valence-corrected chi connectivity index (χ4v) is 3.28. The summed E-state index contributed by atoms with van der Waals surface area (Å²) in [5.74, 6) is 0.596. The van der Waals surface area contributed by atoms with E-state index in [4.69, 9.17) is 14.2 Å². The molecule has 0 bridgehead atoms. The van der Waals surface area contributed by atoms with E-state index in [1.54, 1.807) is 36.4 Å². The van der Waals surface area contributed by atoms with Crippen LogP contribution in [-0.4, -0.2) is 42.5 Å². The van der Waals surface area contributed by atoms with Crippen LogP contribution in [-0.2, 0) is 9.53 Å². The largest absolute Gasteiger partial charge is 0.493 e. The van der Waals surface area contributed by atoms with Crippen LogP contribution in [0.15, 0.2) is 56.8 Å². The molecule has 0 spiro atoms. The molecule has 0 fully saturated rings. The summed E-state index contributed by atoms with van der Waals surface area (Å²) in [6, 6.07) is 14.2. The summed E-state index contributed by atoms with van der Waals surface area (Å²) < 4.78 is 16.5. The van der Waals surface area contributed by atoms with E-state index in [2.05, 4.69) is 36.4 Å². The zero-order chi connectivity index (χ0) is 24.5. The second-order valence-corrected chi connectivity index (χ2v) is 7.55. The van der Waals surface area contributed by atoms with E-state index >= 15 is 0 Å². The number of halogens is 1. The van der Waals surface area contributed by atoms with Crippen LogP contribution in [0, 0.1) is 11.3 Å². The zero-order valence-corrected chi connectivity index (χ0v) is 19.9. The number of rotatable bonds is 9. The number of nitrogens with zero attached hydrogens (tertiary/aromatic N) is 3. The molecule has 3 aromatic rings. The maximum Gasteiger partial charge on any atom is 0.302 e. The Hall–Kier alpha value is -4.17. The van der Waals surface area contributed by atoms with Gasteiger partial charge in [-0.2, -0.15) is 10.4 Å². The predicted molar refractivity (Wildman–Crippen MR) is 129 cm³/mol. The molecule has 1 aromatic heterocycles. The Morgan fingerprint density at radius 1 is 1.26 bits per heavy atom. The molecule has 2 aromatic carbocycles. The molecule has 0 aliphatic heterocycles. The molecule has 3 rings (SSSR count). The van der Waals surface area contributed by atoms with Crippen molar-refractivity contribution in [3.63, 3.8) is 0 Å². The van der Waals surface area contributed by atoms with Gasteiger partial charge in [-0.15, -0.1) is 0 Å². The molecule has 1 heterocycles. The van der Waals surface area contributed by atoms with E-state index in [0.717, 1.165) is 0 Å². The standard InChI is InChI=1S/C23H20BrN5O5/c1-14(30)33-8-9-34-20-11-18(24)16(10-19(20)32-2)13-26-29-23-27-21(15-6-4-3-5-7-15)17(12-25)22(31)28-23/h3-7,10-11,13H,8-9H2,1-2H3,(H2,27,28,29,31). The number of aromatic nitrogens is 2. The zero-order valence-electron chi connectivity index (χ0n) is 18.3. The van der Waals surface area contributed by atoms with Crippen LogP contribution in [0.25, 0.3) is 11.3 Å². The van der Waals surface area contributed by atoms with Crippen LogP contribution in [0.2, 0.25) is 0 Å². The summed E-state index contributed by atoms with van der Waals surface area (Å²) in [6.07, 6.45) is 1.50. The van der Waals surface area contributed by atoms with Crippen LogP contribution < -0.4 is 20.5 Å². The van der Waals surface area contributed by atoms with Crippen molar-refractivity contribution in [2.75, 3.05) is 25.7 Å². The van der Waals surface area contributed by atoms with Crippen molar-refractivity contribution < 1.29 is 19.0 Å². The third-order valence-corrected chi connectivity index (χ3v) is 5.07. The average Bonchev–Trinajstić information content (AvgIpc) is 2.83. The number of H-pyrrole nitrogens is 1. The number of nitrogens with one attached hydrogen (secondary N) is 2. The minimum Gasteiger partial charge on any atom is -0.493 e. The van der Waals surface area contributed by atoms with Crippen molar-refractivity contribution in [2.24, 2.45) is 5.10 Å². The monoisotopic (exact) mass is 525 g/mol. The first-order valence-electron chi connectivity index (χ1n) is 9.95. The topological polar surface area (TPSA) is 139 Å². The lowest BCUT2D eigenvalue weighted by Gasteiger charge is -2.12. The molecule has 2 N–H and O–H groups in total. The highest BCUT2D eigenvalue weighted by Gasteiger charge is 2.13. The number of esters is 1. The van der Waals surface area contributed by atoms with Gasteiger partial charge in [0.25, 0.3) is 5.56 Å². The van der Waals surface area contributed by atoms with Crippen molar-refractivity contribution in [2.45, 2.75) is 6.92 Å². The Bertz CT molecular complexity index is 1300. The van der Waals surface area contributed by atoms with Crippen LogP contribution in [0.1, 0.15) is 18.1 Å². The molecule has 34 heavy (non-hydrogen) atoms. The van der Waals surface area contributed by atoms with E-state index in [-0.39, 0.29) is 36.4 Å². The molecule has 0 amide bonds. The van der Waals surface area contributed by atoms with Gasteiger partial charge in [0.15, 0.2) is 11.5 Å². The van der Waals surface area contributed by atoms with Gasteiger partial charge in [-0.05, 0) is 28.1 Å². The maximum absolute atomic E-state index is 12.3. The molecule has 11 heteroatoms. The van der Waals surface area contributed by atoms with Gasteiger partial charge in [-0.25, -0.2) is 10.4 Å². The summed E-state index contributed by atoms with van der Waals surface area (Å²) in [4.78, 5) is 30.0. The second kappa shape index (κ2) is 11.6. The summed E-state index contributed by atoms with van der Waals surface area (Å²) in [7, 11) is 1.50. The molecule has 0 aliphatic rings. The average molecular weight is 526 g/mol. The van der Waals surface area contributed by atoms with Crippen LogP contribution in [0.4, 0.5) is 5.95 Å². The van der Waals surface area contributed by atoms with E-state index < -0.39 is 5.56 Å². The molecule has 0 saturated carbocycles. The third-order valence-electron chi connectivity index (χ3n) is 4.38. The first-order chi connectivity index (χ1) is 16.4. The predicted octanol–water partition coefficient (Wildman–Crippen LogP) is 3.47. The highest BCUT2D eigenvalue weighted by Crippen LogP contribution is 2.33. The van der Waals surface area contributed by atoms with E-state index in [1.165, 1.54) is 20.2 Å². The van der Waals surface area contributed by atoms with E-state index in [0.29, 0.717) is 27.1 Å². The highest BCUT2D eigenvalue weighted by atomic mass is 79.9. The Labute approximate surface area is 203 Å². The summed E-state index contributed by atoms with van der Waals surface area (Å²) in [6.45, 7) is 1.60. The van der Waals surface area contributed by atoms with Crippen molar-refractivity contribution in [3.8, 4) is 28.8 Å². The molecule has 0 aliphatic carbocycles. The number of hydrogen-bond acceptors (Lipinski definition) is 9. The number of methoxy groups -OCH3 is 1. The molecule has 0 atom stereocenters. The van der Waals surface area contributed by atoms with Gasteiger partial charge >= 0.3 is 5.97 Å². The maximum atomic E-state index is 12.3. The minimum atomic E-state index is -0.577. The number of anilines is 1. The number of carbonyl (C=O) groups is 1. The van der Waals surface area contributed by atoms with Crippen LogP contribution >= 0.6 is 15.9 Å². The molecular weight excluding hydrogens is 506 g/mol. The number of carbonyl (C=O) groups excluding carboxylic acids is 1. The van der Waals surface area contributed by atoms with Gasteiger partial charge in [0.1, 0.15) is 24.8 Å². The second-order valence-electron chi connectivity index (χ2n) is 6.70. The quantitative estimate of drug-likeness (QED) is 0.187. The van der Waals surface area contributed by atoms with Gasteiger partial charge in [0, 0.05) is 22.5 Å². The smallest absolute Gasteiger partial charge is 0.302 e. The molecule has 0 radical (unpaired) electrons. The van der Waals surface area contributed by atoms with Gasteiger partial charge < -0.3 is 14.2 Å². The summed E-state index contributed by atoms with van der Waals surface area (Å²) in [5.41, 5.74) is 3.55. The molecular formula is C23H20BrN5O5.